The monoisotopic (exact) mass is 402 g/mol. The lowest BCUT2D eigenvalue weighted by Gasteiger charge is -2.30. The molecule has 0 fully saturated rings. The van der Waals surface area contributed by atoms with Gasteiger partial charge in [-0.3, -0.25) is 9.69 Å². The number of rotatable bonds is 3. The van der Waals surface area contributed by atoms with Gasteiger partial charge in [0.15, 0.2) is 0 Å². The molecule has 1 aliphatic heterocycles. The maximum Gasteiger partial charge on any atom is 0.259 e. The minimum Gasteiger partial charge on any atom is -0.354 e. The zero-order valence-corrected chi connectivity index (χ0v) is 17.0. The standard InChI is InChI=1S/C28H22N2O/c31-28(23-16-8-3-9-17-23)30-26-19-11-10-18-24(26)29-25(21-12-4-1-5-13-21)20-27(30)22-14-6-2-7-15-22/h1-20,27,29H/t27-/m1/s1. The Hall–Kier alpha value is -4.11. The summed E-state index contributed by atoms with van der Waals surface area (Å²) in [5.74, 6) is -0.0331. The highest BCUT2D eigenvalue weighted by molar-refractivity contribution is 6.09. The highest BCUT2D eigenvalue weighted by atomic mass is 16.2. The van der Waals surface area contributed by atoms with Crippen LogP contribution >= 0.6 is 0 Å². The van der Waals surface area contributed by atoms with Gasteiger partial charge in [0.05, 0.1) is 17.4 Å². The van der Waals surface area contributed by atoms with Gasteiger partial charge in [-0.05, 0) is 41.5 Å². The molecule has 1 heterocycles. The fraction of sp³-hybridized carbons (Fsp3) is 0.0357. The van der Waals surface area contributed by atoms with Gasteiger partial charge in [-0.1, -0.05) is 91.0 Å². The third-order valence-electron chi connectivity index (χ3n) is 5.50. The van der Waals surface area contributed by atoms with Crippen LogP contribution in [0.4, 0.5) is 11.4 Å². The Morgan fingerprint density at radius 1 is 0.677 bits per heavy atom. The normalized spacial score (nSPS) is 15.3. The summed E-state index contributed by atoms with van der Waals surface area (Å²) in [6, 6.07) is 37.6. The summed E-state index contributed by atoms with van der Waals surface area (Å²) in [5.41, 5.74) is 5.53. The van der Waals surface area contributed by atoms with Crippen molar-refractivity contribution in [1.29, 1.82) is 0 Å². The second-order valence-corrected chi connectivity index (χ2v) is 7.49. The van der Waals surface area contributed by atoms with Gasteiger partial charge in [0.1, 0.15) is 0 Å². The largest absolute Gasteiger partial charge is 0.354 e. The molecule has 4 aromatic carbocycles. The minimum atomic E-state index is -0.264. The van der Waals surface area contributed by atoms with E-state index in [-0.39, 0.29) is 11.9 Å². The summed E-state index contributed by atoms with van der Waals surface area (Å²) in [7, 11) is 0. The Morgan fingerprint density at radius 2 is 1.26 bits per heavy atom. The first-order chi connectivity index (χ1) is 15.3. The summed E-state index contributed by atoms with van der Waals surface area (Å²) in [5, 5.41) is 3.58. The number of hydrogen-bond acceptors (Lipinski definition) is 2. The first kappa shape index (κ1) is 18.9. The number of carbonyl (C=O) groups is 1. The number of benzene rings is 4. The van der Waals surface area contributed by atoms with Gasteiger partial charge < -0.3 is 5.32 Å². The number of nitrogens with zero attached hydrogens (tertiary/aromatic N) is 1. The van der Waals surface area contributed by atoms with Crippen LogP contribution in [0.15, 0.2) is 121 Å². The van der Waals surface area contributed by atoms with Crippen LogP contribution in [0, 0.1) is 0 Å². The van der Waals surface area contributed by atoms with Crippen molar-refractivity contribution in [3.63, 3.8) is 0 Å². The Morgan fingerprint density at radius 3 is 1.97 bits per heavy atom. The predicted octanol–water partition coefficient (Wildman–Crippen LogP) is 6.54. The number of nitrogens with one attached hydrogen (secondary N) is 1. The zero-order chi connectivity index (χ0) is 21.0. The molecule has 0 spiro atoms. The van der Waals surface area contributed by atoms with Crippen molar-refractivity contribution in [2.45, 2.75) is 6.04 Å². The zero-order valence-electron chi connectivity index (χ0n) is 17.0. The van der Waals surface area contributed by atoms with Crippen LogP contribution in [0.3, 0.4) is 0 Å². The third-order valence-corrected chi connectivity index (χ3v) is 5.50. The maximum absolute atomic E-state index is 13.8. The van der Waals surface area contributed by atoms with E-state index in [0.717, 1.165) is 28.2 Å². The molecule has 1 amide bonds. The van der Waals surface area contributed by atoms with Gasteiger partial charge in [-0.15, -0.1) is 0 Å². The van der Waals surface area contributed by atoms with Crippen LogP contribution in [0.1, 0.15) is 27.5 Å². The van der Waals surface area contributed by atoms with Gasteiger partial charge in [0.25, 0.3) is 5.91 Å². The molecule has 3 heteroatoms. The summed E-state index contributed by atoms with van der Waals surface area (Å²) in [6.45, 7) is 0. The van der Waals surface area contributed by atoms with Crippen molar-refractivity contribution in [1.82, 2.24) is 0 Å². The first-order valence-corrected chi connectivity index (χ1v) is 10.4. The van der Waals surface area contributed by atoms with Crippen molar-refractivity contribution in [3.05, 3.63) is 138 Å². The molecule has 0 radical (unpaired) electrons. The lowest BCUT2D eigenvalue weighted by molar-refractivity contribution is 0.0981. The molecular weight excluding hydrogens is 380 g/mol. The first-order valence-electron chi connectivity index (χ1n) is 10.4. The quantitative estimate of drug-likeness (QED) is 0.422. The molecule has 1 aliphatic rings. The highest BCUT2D eigenvalue weighted by Crippen LogP contribution is 2.40. The van der Waals surface area contributed by atoms with E-state index in [0.29, 0.717) is 5.56 Å². The van der Waals surface area contributed by atoms with E-state index >= 15 is 0 Å². The smallest absolute Gasteiger partial charge is 0.259 e. The van der Waals surface area contributed by atoms with E-state index < -0.39 is 0 Å². The molecule has 0 aromatic heterocycles. The topological polar surface area (TPSA) is 32.3 Å². The summed E-state index contributed by atoms with van der Waals surface area (Å²) in [4.78, 5) is 15.7. The van der Waals surface area contributed by atoms with Gasteiger partial charge in [-0.25, -0.2) is 0 Å². The van der Waals surface area contributed by atoms with Gasteiger partial charge in [-0.2, -0.15) is 0 Å². The van der Waals surface area contributed by atoms with Crippen LogP contribution < -0.4 is 10.2 Å². The fourth-order valence-corrected chi connectivity index (χ4v) is 4.00. The Balaban J connectivity index is 1.73. The summed E-state index contributed by atoms with van der Waals surface area (Å²) < 4.78 is 0. The van der Waals surface area contributed by atoms with Crippen LogP contribution in [-0.2, 0) is 0 Å². The Kier molecular flexibility index (Phi) is 5.07. The average molecular weight is 402 g/mol. The molecule has 0 saturated carbocycles. The molecular formula is C28H22N2O. The molecule has 0 aliphatic carbocycles. The molecule has 4 aromatic rings. The van der Waals surface area contributed by atoms with Crippen LogP contribution in [0.5, 0.6) is 0 Å². The van der Waals surface area contributed by atoms with E-state index in [2.05, 4.69) is 35.7 Å². The number of hydrogen-bond donors (Lipinski definition) is 1. The number of carbonyl (C=O) groups excluding carboxylic acids is 1. The molecule has 1 N–H and O–H groups in total. The third kappa shape index (κ3) is 3.74. The van der Waals surface area contributed by atoms with E-state index in [1.165, 1.54) is 0 Å². The molecule has 1 atom stereocenters. The van der Waals surface area contributed by atoms with Gasteiger partial charge in [0, 0.05) is 11.3 Å². The maximum atomic E-state index is 13.8. The molecule has 5 rings (SSSR count). The second-order valence-electron chi connectivity index (χ2n) is 7.49. The Bertz CT molecular complexity index is 1220. The number of anilines is 2. The SMILES string of the molecule is O=C(c1ccccc1)N1c2ccccc2NC(c2ccccc2)=C[C@@H]1c1ccccc1. The Labute approximate surface area is 182 Å². The van der Waals surface area contributed by atoms with Crippen LogP contribution in [-0.4, -0.2) is 5.91 Å². The van der Waals surface area contributed by atoms with Crippen LogP contribution in [0.25, 0.3) is 5.70 Å². The van der Waals surface area contributed by atoms with E-state index in [1.54, 1.807) is 0 Å². The fourth-order valence-electron chi connectivity index (χ4n) is 4.00. The van der Waals surface area contributed by atoms with Crippen molar-refractivity contribution >= 4 is 23.0 Å². The molecule has 150 valence electrons. The molecule has 0 saturated heterocycles. The van der Waals surface area contributed by atoms with Crippen molar-refractivity contribution in [2.24, 2.45) is 0 Å². The lowest BCUT2D eigenvalue weighted by atomic mass is 10.0. The van der Waals surface area contributed by atoms with E-state index in [9.17, 15) is 4.79 Å². The molecule has 3 nitrogen and oxygen atoms in total. The van der Waals surface area contributed by atoms with Crippen LogP contribution in [0.2, 0.25) is 0 Å². The molecule has 0 unspecified atom stereocenters. The molecule has 31 heavy (non-hydrogen) atoms. The van der Waals surface area contributed by atoms with Gasteiger partial charge >= 0.3 is 0 Å². The second kappa shape index (κ2) is 8.33. The van der Waals surface area contributed by atoms with E-state index in [4.69, 9.17) is 0 Å². The minimum absolute atomic E-state index is 0.0331. The highest BCUT2D eigenvalue weighted by Gasteiger charge is 2.31. The average Bonchev–Trinajstić information content (AvgIpc) is 3.02. The number of fused-ring (bicyclic) bond motifs is 1. The van der Waals surface area contributed by atoms with Crippen molar-refractivity contribution in [3.8, 4) is 0 Å². The van der Waals surface area contributed by atoms with E-state index in [1.807, 2.05) is 95.9 Å². The molecule has 0 bridgehead atoms. The number of amides is 1. The summed E-state index contributed by atoms with van der Waals surface area (Å²) in [6.07, 6.45) is 2.14. The number of para-hydroxylation sites is 2. The van der Waals surface area contributed by atoms with Crippen molar-refractivity contribution in [2.75, 3.05) is 10.2 Å². The lowest BCUT2D eigenvalue weighted by Crippen LogP contribution is -2.34. The van der Waals surface area contributed by atoms with Crippen molar-refractivity contribution < 1.29 is 4.79 Å². The summed E-state index contributed by atoms with van der Waals surface area (Å²) >= 11 is 0. The predicted molar refractivity (Wildman–Crippen MR) is 127 cm³/mol. The van der Waals surface area contributed by atoms with Gasteiger partial charge in [0.2, 0.25) is 0 Å².